The minimum atomic E-state index is 0.00586. The van der Waals surface area contributed by atoms with E-state index in [-0.39, 0.29) is 5.91 Å². The minimum Gasteiger partial charge on any atom is -0.312 e. The first kappa shape index (κ1) is 15.1. The molecule has 1 aromatic heterocycles. The standard InChI is InChI=1S/C16H19ClN4O/c1-21-16(13-10-18-9-8-14(13)20-21)19-15(22)7-4-11-2-5-12(17)6-3-11/h2-3,5-6,18H,4,7-10H2,1H3,(H,19,22). The third kappa shape index (κ3) is 3.31. The summed E-state index contributed by atoms with van der Waals surface area (Å²) >= 11 is 5.86. The number of anilines is 1. The number of amides is 1. The van der Waals surface area contributed by atoms with Gasteiger partial charge in [-0.3, -0.25) is 9.48 Å². The summed E-state index contributed by atoms with van der Waals surface area (Å²) in [5.74, 6) is 0.814. The van der Waals surface area contributed by atoms with Crippen molar-refractivity contribution in [2.24, 2.45) is 7.05 Å². The maximum Gasteiger partial charge on any atom is 0.225 e. The SMILES string of the molecule is Cn1nc2c(c1NC(=O)CCc1ccc(Cl)cc1)CNCC2. The first-order valence-corrected chi connectivity index (χ1v) is 7.81. The van der Waals surface area contributed by atoms with Crippen LogP contribution < -0.4 is 10.6 Å². The van der Waals surface area contributed by atoms with Crippen molar-refractivity contribution in [2.75, 3.05) is 11.9 Å². The number of carbonyl (C=O) groups excluding carboxylic acids is 1. The lowest BCUT2D eigenvalue weighted by atomic mass is 10.1. The van der Waals surface area contributed by atoms with Crippen molar-refractivity contribution in [3.63, 3.8) is 0 Å². The Kier molecular flexibility index (Phi) is 4.45. The highest BCUT2D eigenvalue weighted by atomic mass is 35.5. The van der Waals surface area contributed by atoms with Crippen LogP contribution in [0, 0.1) is 0 Å². The number of hydrogen-bond acceptors (Lipinski definition) is 3. The van der Waals surface area contributed by atoms with Crippen LogP contribution in [0.3, 0.4) is 0 Å². The molecule has 3 rings (SSSR count). The molecule has 0 fully saturated rings. The number of rotatable bonds is 4. The molecule has 0 aliphatic carbocycles. The van der Waals surface area contributed by atoms with Crippen LogP contribution in [0.4, 0.5) is 5.82 Å². The van der Waals surface area contributed by atoms with E-state index in [1.165, 1.54) is 0 Å². The molecular formula is C16H19ClN4O. The van der Waals surface area contributed by atoms with Crippen LogP contribution in [-0.2, 0) is 31.2 Å². The molecule has 2 aromatic rings. The molecule has 5 nitrogen and oxygen atoms in total. The van der Waals surface area contributed by atoms with Gasteiger partial charge in [0.2, 0.25) is 5.91 Å². The van der Waals surface area contributed by atoms with Gasteiger partial charge in [0.1, 0.15) is 5.82 Å². The molecule has 0 saturated heterocycles. The van der Waals surface area contributed by atoms with E-state index in [9.17, 15) is 4.79 Å². The highest BCUT2D eigenvalue weighted by Gasteiger charge is 2.20. The molecule has 6 heteroatoms. The Morgan fingerprint density at radius 1 is 1.41 bits per heavy atom. The number of nitrogens with one attached hydrogen (secondary N) is 2. The fourth-order valence-corrected chi connectivity index (χ4v) is 2.82. The van der Waals surface area contributed by atoms with Gasteiger partial charge in [0.05, 0.1) is 5.69 Å². The van der Waals surface area contributed by atoms with Crippen LogP contribution in [0.25, 0.3) is 0 Å². The Hall–Kier alpha value is -1.85. The summed E-state index contributed by atoms with van der Waals surface area (Å²) in [5.41, 5.74) is 3.29. The lowest BCUT2D eigenvalue weighted by Gasteiger charge is -2.13. The number of benzene rings is 1. The summed E-state index contributed by atoms with van der Waals surface area (Å²) in [6.07, 6.45) is 2.04. The van der Waals surface area contributed by atoms with Gasteiger partial charge in [0.15, 0.2) is 0 Å². The normalized spacial score (nSPS) is 13.7. The van der Waals surface area contributed by atoms with Crippen LogP contribution in [0.1, 0.15) is 23.2 Å². The quantitative estimate of drug-likeness (QED) is 0.909. The van der Waals surface area contributed by atoms with E-state index in [4.69, 9.17) is 11.6 Å². The molecule has 116 valence electrons. The van der Waals surface area contributed by atoms with Gasteiger partial charge in [-0.2, -0.15) is 5.10 Å². The van der Waals surface area contributed by atoms with E-state index in [0.717, 1.165) is 42.1 Å². The van der Waals surface area contributed by atoms with Gasteiger partial charge in [-0.05, 0) is 24.1 Å². The van der Waals surface area contributed by atoms with Gasteiger partial charge >= 0.3 is 0 Å². The molecule has 1 aliphatic heterocycles. The Labute approximate surface area is 134 Å². The molecule has 2 heterocycles. The molecule has 0 bridgehead atoms. The second-order valence-electron chi connectivity index (χ2n) is 5.50. The first-order chi connectivity index (χ1) is 10.6. The molecule has 0 saturated carbocycles. The van der Waals surface area contributed by atoms with Gasteiger partial charge < -0.3 is 10.6 Å². The summed E-state index contributed by atoms with van der Waals surface area (Å²) in [6.45, 7) is 1.70. The lowest BCUT2D eigenvalue weighted by molar-refractivity contribution is -0.116. The van der Waals surface area contributed by atoms with E-state index >= 15 is 0 Å². The van der Waals surface area contributed by atoms with Crippen LogP contribution >= 0.6 is 11.6 Å². The summed E-state index contributed by atoms with van der Waals surface area (Å²) in [7, 11) is 1.87. The Bertz CT molecular complexity index is 678. The number of halogens is 1. The highest BCUT2D eigenvalue weighted by molar-refractivity contribution is 6.30. The third-order valence-electron chi connectivity index (χ3n) is 3.88. The van der Waals surface area contributed by atoms with Crippen molar-refractivity contribution >= 4 is 23.3 Å². The molecule has 0 unspecified atom stereocenters. The number of aryl methyl sites for hydroxylation is 2. The number of hydrogen-bond donors (Lipinski definition) is 2. The van der Waals surface area contributed by atoms with Crippen LogP contribution in [0.5, 0.6) is 0 Å². The van der Waals surface area contributed by atoms with Crippen LogP contribution in [0.2, 0.25) is 5.02 Å². The van der Waals surface area contributed by atoms with Crippen LogP contribution in [-0.4, -0.2) is 22.2 Å². The second kappa shape index (κ2) is 6.50. The van der Waals surface area contributed by atoms with Crippen molar-refractivity contribution in [2.45, 2.75) is 25.8 Å². The summed E-state index contributed by atoms with van der Waals surface area (Å²) in [6, 6.07) is 7.59. The molecule has 22 heavy (non-hydrogen) atoms. The van der Waals surface area contributed by atoms with Crippen molar-refractivity contribution in [1.29, 1.82) is 0 Å². The topological polar surface area (TPSA) is 59.0 Å². The molecule has 0 spiro atoms. The predicted molar refractivity (Wildman–Crippen MR) is 87.0 cm³/mol. The summed E-state index contributed by atoms with van der Waals surface area (Å²) < 4.78 is 1.76. The number of carbonyl (C=O) groups is 1. The Balaban J connectivity index is 1.62. The van der Waals surface area contributed by atoms with Crippen molar-refractivity contribution in [1.82, 2.24) is 15.1 Å². The lowest BCUT2D eigenvalue weighted by Crippen LogP contribution is -2.24. The fourth-order valence-electron chi connectivity index (χ4n) is 2.69. The average Bonchev–Trinajstić information content (AvgIpc) is 2.83. The van der Waals surface area contributed by atoms with Crippen molar-refractivity contribution in [3.05, 3.63) is 46.1 Å². The van der Waals surface area contributed by atoms with Gasteiger partial charge in [-0.15, -0.1) is 0 Å². The van der Waals surface area contributed by atoms with E-state index < -0.39 is 0 Å². The molecular weight excluding hydrogens is 300 g/mol. The monoisotopic (exact) mass is 318 g/mol. The maximum atomic E-state index is 12.2. The number of fused-ring (bicyclic) bond motifs is 1. The predicted octanol–water partition coefficient (Wildman–Crippen LogP) is 2.29. The summed E-state index contributed by atoms with van der Waals surface area (Å²) in [4.78, 5) is 12.2. The zero-order valence-corrected chi connectivity index (χ0v) is 13.3. The molecule has 2 N–H and O–H groups in total. The minimum absolute atomic E-state index is 0.00586. The first-order valence-electron chi connectivity index (χ1n) is 7.43. The molecule has 1 amide bonds. The van der Waals surface area contributed by atoms with E-state index in [1.54, 1.807) is 4.68 Å². The molecule has 1 aromatic carbocycles. The zero-order valence-electron chi connectivity index (χ0n) is 12.5. The summed E-state index contributed by atoms with van der Waals surface area (Å²) in [5, 5.41) is 11.5. The molecule has 0 atom stereocenters. The Morgan fingerprint density at radius 2 is 2.18 bits per heavy atom. The fraction of sp³-hybridized carbons (Fsp3) is 0.375. The third-order valence-corrected chi connectivity index (χ3v) is 4.13. The van der Waals surface area contributed by atoms with Gasteiger partial charge in [0.25, 0.3) is 0 Å². The average molecular weight is 319 g/mol. The van der Waals surface area contributed by atoms with E-state index in [0.29, 0.717) is 17.9 Å². The van der Waals surface area contributed by atoms with Crippen molar-refractivity contribution < 1.29 is 4.79 Å². The van der Waals surface area contributed by atoms with E-state index in [2.05, 4.69) is 15.7 Å². The highest BCUT2D eigenvalue weighted by Crippen LogP contribution is 2.22. The maximum absolute atomic E-state index is 12.2. The Morgan fingerprint density at radius 3 is 2.95 bits per heavy atom. The van der Waals surface area contributed by atoms with Gasteiger partial charge in [-0.1, -0.05) is 23.7 Å². The smallest absolute Gasteiger partial charge is 0.225 e. The van der Waals surface area contributed by atoms with Gasteiger partial charge in [0, 0.05) is 43.6 Å². The van der Waals surface area contributed by atoms with Crippen LogP contribution in [0.15, 0.2) is 24.3 Å². The zero-order chi connectivity index (χ0) is 15.5. The molecule has 1 aliphatic rings. The van der Waals surface area contributed by atoms with Gasteiger partial charge in [-0.25, -0.2) is 0 Å². The largest absolute Gasteiger partial charge is 0.312 e. The van der Waals surface area contributed by atoms with Crippen molar-refractivity contribution in [3.8, 4) is 0 Å². The molecule has 0 radical (unpaired) electrons. The van der Waals surface area contributed by atoms with E-state index in [1.807, 2.05) is 31.3 Å². The second-order valence-corrected chi connectivity index (χ2v) is 5.94. The number of aromatic nitrogens is 2. The number of nitrogens with zero attached hydrogens (tertiary/aromatic N) is 2.